The topological polar surface area (TPSA) is 72.9 Å². The van der Waals surface area contributed by atoms with Gasteiger partial charge in [-0.05, 0) is 73.0 Å². The standard InChI is InChI=1S/C28H30F3N3O.CH2O2/c1-33(2)26-14-12-23(18-25(26)28(29,30)31)32-27(35)21-11-13-24(20-9-5-3-6-10-20)22(17-21)19-34-15-7-4-8-16-34;2-1-3/h3,5-6,9-14,17-18H,4,7-8,15-16,19H2,1-2H3,(H,32,35);1H,(H,2,3). The third kappa shape index (κ3) is 7.58. The highest BCUT2D eigenvalue weighted by Gasteiger charge is 2.34. The first-order valence-electron chi connectivity index (χ1n) is 12.3. The second-order valence-electron chi connectivity index (χ2n) is 9.26. The van der Waals surface area contributed by atoms with Gasteiger partial charge in [0.25, 0.3) is 12.4 Å². The van der Waals surface area contributed by atoms with E-state index in [4.69, 9.17) is 9.90 Å². The highest BCUT2D eigenvalue weighted by molar-refractivity contribution is 6.05. The van der Waals surface area contributed by atoms with Gasteiger partial charge in [-0.3, -0.25) is 14.5 Å². The largest absolute Gasteiger partial charge is 0.483 e. The van der Waals surface area contributed by atoms with Gasteiger partial charge in [-0.1, -0.05) is 42.8 Å². The summed E-state index contributed by atoms with van der Waals surface area (Å²) in [4.78, 5) is 25.2. The van der Waals surface area contributed by atoms with Crippen molar-refractivity contribution >= 4 is 23.8 Å². The smallest absolute Gasteiger partial charge is 0.418 e. The lowest BCUT2D eigenvalue weighted by atomic mass is 9.96. The van der Waals surface area contributed by atoms with Crippen molar-refractivity contribution in [3.63, 3.8) is 0 Å². The first-order valence-corrected chi connectivity index (χ1v) is 12.3. The van der Waals surface area contributed by atoms with Gasteiger partial charge in [0, 0.05) is 37.6 Å². The number of amides is 1. The number of hydrogen-bond donors (Lipinski definition) is 2. The zero-order valence-electron chi connectivity index (χ0n) is 21.5. The van der Waals surface area contributed by atoms with Crippen molar-refractivity contribution in [1.29, 1.82) is 0 Å². The third-order valence-electron chi connectivity index (χ3n) is 6.34. The fraction of sp³-hybridized carbons (Fsp3) is 0.310. The summed E-state index contributed by atoms with van der Waals surface area (Å²) in [5, 5.41) is 9.54. The van der Waals surface area contributed by atoms with Crippen LogP contribution in [0.25, 0.3) is 11.1 Å². The lowest BCUT2D eigenvalue weighted by Crippen LogP contribution is -2.29. The molecule has 0 unspecified atom stereocenters. The Morgan fingerprint density at radius 1 is 1.00 bits per heavy atom. The third-order valence-corrected chi connectivity index (χ3v) is 6.34. The zero-order valence-corrected chi connectivity index (χ0v) is 21.5. The van der Waals surface area contributed by atoms with Crippen LogP contribution in [0.15, 0.2) is 66.7 Å². The van der Waals surface area contributed by atoms with Gasteiger partial charge in [0.15, 0.2) is 0 Å². The maximum Gasteiger partial charge on any atom is 0.418 e. The average molecular weight is 528 g/mol. The van der Waals surface area contributed by atoms with Crippen LogP contribution in [-0.4, -0.2) is 49.6 Å². The number of nitrogens with one attached hydrogen (secondary N) is 1. The molecule has 1 aliphatic rings. The van der Waals surface area contributed by atoms with Gasteiger partial charge < -0.3 is 15.3 Å². The summed E-state index contributed by atoms with van der Waals surface area (Å²) < 4.78 is 40.8. The summed E-state index contributed by atoms with van der Waals surface area (Å²) >= 11 is 0. The van der Waals surface area contributed by atoms with E-state index < -0.39 is 17.6 Å². The molecule has 0 spiro atoms. The van der Waals surface area contributed by atoms with Gasteiger partial charge in [-0.15, -0.1) is 0 Å². The van der Waals surface area contributed by atoms with Crippen LogP contribution < -0.4 is 10.2 Å². The van der Waals surface area contributed by atoms with Crippen molar-refractivity contribution in [3.8, 4) is 11.1 Å². The molecule has 0 aliphatic carbocycles. The molecule has 6 nitrogen and oxygen atoms in total. The zero-order chi connectivity index (χ0) is 27.7. The summed E-state index contributed by atoms with van der Waals surface area (Å²) in [5.74, 6) is -0.435. The van der Waals surface area contributed by atoms with E-state index in [2.05, 4.69) is 10.2 Å². The SMILES string of the molecule is CN(C)c1ccc(NC(=O)c2ccc(-c3ccccc3)c(CN3CCCCC3)c2)cc1C(F)(F)F.O=CO. The van der Waals surface area contributed by atoms with Crippen LogP contribution in [-0.2, 0) is 17.5 Å². The number of hydrogen-bond acceptors (Lipinski definition) is 4. The predicted molar refractivity (Wildman–Crippen MR) is 143 cm³/mol. The maximum absolute atomic E-state index is 13.6. The second kappa shape index (κ2) is 13.1. The lowest BCUT2D eigenvalue weighted by molar-refractivity contribution is -0.137. The summed E-state index contributed by atoms with van der Waals surface area (Å²) in [6, 6.07) is 19.4. The Morgan fingerprint density at radius 3 is 2.26 bits per heavy atom. The normalized spacial score (nSPS) is 13.7. The minimum absolute atomic E-state index is 0.0477. The molecule has 0 bridgehead atoms. The number of carbonyl (C=O) groups is 2. The van der Waals surface area contributed by atoms with Crippen molar-refractivity contribution in [2.75, 3.05) is 37.4 Å². The molecule has 202 valence electrons. The van der Waals surface area contributed by atoms with Crippen LogP contribution in [0.3, 0.4) is 0 Å². The van der Waals surface area contributed by atoms with Crippen LogP contribution in [0, 0.1) is 0 Å². The van der Waals surface area contributed by atoms with Gasteiger partial charge in [0.1, 0.15) is 0 Å². The fourth-order valence-corrected chi connectivity index (χ4v) is 4.56. The van der Waals surface area contributed by atoms with E-state index in [1.54, 1.807) is 20.2 Å². The number of carboxylic acid groups (broad SMARTS) is 1. The quantitative estimate of drug-likeness (QED) is 0.364. The van der Waals surface area contributed by atoms with Gasteiger partial charge in [-0.25, -0.2) is 0 Å². The number of likely N-dealkylation sites (tertiary alicyclic amines) is 1. The number of halogens is 3. The van der Waals surface area contributed by atoms with Crippen LogP contribution >= 0.6 is 0 Å². The van der Waals surface area contributed by atoms with Crippen LogP contribution in [0.1, 0.15) is 40.7 Å². The lowest BCUT2D eigenvalue weighted by Gasteiger charge is -2.27. The van der Waals surface area contributed by atoms with E-state index in [0.717, 1.165) is 55.2 Å². The van der Waals surface area contributed by atoms with Crippen molar-refractivity contribution in [3.05, 3.63) is 83.4 Å². The van der Waals surface area contributed by atoms with Crippen LogP contribution in [0.5, 0.6) is 0 Å². The molecule has 0 saturated carbocycles. The summed E-state index contributed by atoms with van der Waals surface area (Å²) in [6.45, 7) is 2.51. The Morgan fingerprint density at radius 2 is 1.66 bits per heavy atom. The van der Waals surface area contributed by atoms with E-state index in [9.17, 15) is 18.0 Å². The minimum atomic E-state index is -4.53. The summed E-state index contributed by atoms with van der Waals surface area (Å²) in [5.41, 5.74) is 2.95. The number of rotatable bonds is 6. The predicted octanol–water partition coefficient (Wildman–Crippen LogP) is 6.38. The molecule has 1 fully saturated rings. The Balaban J connectivity index is 0.00000127. The summed E-state index contributed by atoms with van der Waals surface area (Å²) in [7, 11) is 3.11. The van der Waals surface area contributed by atoms with E-state index in [1.165, 1.54) is 23.5 Å². The Labute approximate surface area is 220 Å². The molecule has 1 amide bonds. The Bertz CT molecular complexity index is 1220. The Kier molecular flexibility index (Phi) is 9.90. The molecular formula is C29H32F3N3O3. The van der Waals surface area contributed by atoms with Gasteiger partial charge in [-0.2, -0.15) is 13.2 Å². The number of carbonyl (C=O) groups excluding carboxylic acids is 1. The molecule has 0 atom stereocenters. The molecule has 2 N–H and O–H groups in total. The number of nitrogens with zero attached hydrogens (tertiary/aromatic N) is 2. The van der Waals surface area contributed by atoms with Crippen LogP contribution in [0.4, 0.5) is 24.5 Å². The molecular weight excluding hydrogens is 495 g/mol. The molecule has 1 heterocycles. The maximum atomic E-state index is 13.6. The molecule has 1 aliphatic heterocycles. The second-order valence-corrected chi connectivity index (χ2v) is 9.26. The molecule has 3 aromatic rings. The van der Waals surface area contributed by atoms with Crippen molar-refractivity contribution < 1.29 is 27.9 Å². The molecule has 38 heavy (non-hydrogen) atoms. The van der Waals surface area contributed by atoms with E-state index in [1.807, 2.05) is 42.5 Å². The molecule has 0 radical (unpaired) electrons. The van der Waals surface area contributed by atoms with Crippen molar-refractivity contribution in [2.24, 2.45) is 0 Å². The first-order chi connectivity index (χ1) is 18.1. The van der Waals surface area contributed by atoms with E-state index in [-0.39, 0.29) is 17.8 Å². The van der Waals surface area contributed by atoms with Gasteiger partial charge in [0.2, 0.25) is 0 Å². The fourth-order valence-electron chi connectivity index (χ4n) is 4.56. The molecule has 3 aromatic carbocycles. The highest BCUT2D eigenvalue weighted by Crippen LogP contribution is 2.38. The highest BCUT2D eigenvalue weighted by atomic mass is 19.4. The number of alkyl halides is 3. The molecule has 0 aromatic heterocycles. The van der Waals surface area contributed by atoms with Crippen molar-refractivity contribution in [2.45, 2.75) is 32.0 Å². The average Bonchev–Trinajstić information content (AvgIpc) is 2.89. The number of benzene rings is 3. The van der Waals surface area contributed by atoms with Gasteiger partial charge in [0.05, 0.1) is 5.56 Å². The van der Waals surface area contributed by atoms with E-state index in [0.29, 0.717) is 5.56 Å². The number of piperidine rings is 1. The summed E-state index contributed by atoms with van der Waals surface area (Å²) in [6.07, 6.45) is -0.979. The monoisotopic (exact) mass is 527 g/mol. The van der Waals surface area contributed by atoms with Gasteiger partial charge >= 0.3 is 6.18 Å². The molecule has 9 heteroatoms. The Hall–Kier alpha value is -3.85. The molecule has 1 saturated heterocycles. The minimum Gasteiger partial charge on any atom is -0.483 e. The molecule has 4 rings (SSSR count). The van der Waals surface area contributed by atoms with Crippen molar-refractivity contribution in [1.82, 2.24) is 4.90 Å². The first kappa shape index (κ1) is 28.7. The van der Waals surface area contributed by atoms with Crippen LogP contribution in [0.2, 0.25) is 0 Å². The van der Waals surface area contributed by atoms with E-state index >= 15 is 0 Å². The number of anilines is 2.